The predicted octanol–water partition coefficient (Wildman–Crippen LogP) is 35.8. The molecule has 0 bridgehead atoms. The summed E-state index contributed by atoms with van der Waals surface area (Å²) in [6, 6.07) is 201. The summed E-state index contributed by atoms with van der Waals surface area (Å²) in [7, 11) is 0. The minimum atomic E-state index is 0.882. The van der Waals surface area contributed by atoms with Gasteiger partial charge in [0.15, 0.2) is 0 Å². The molecule has 0 aliphatic heterocycles. The van der Waals surface area contributed by atoms with E-state index in [9.17, 15) is 0 Å². The van der Waals surface area contributed by atoms with Crippen molar-refractivity contribution in [2.45, 2.75) is 0 Å². The summed E-state index contributed by atoms with van der Waals surface area (Å²) in [5.41, 5.74) is 36.6. The molecule has 0 radical (unpaired) electrons. The minimum Gasteiger partial charge on any atom is -0.311 e. The molecule has 0 N–H and O–H groups in total. The van der Waals surface area contributed by atoms with Crippen molar-refractivity contribution < 1.29 is 0 Å². The fraction of sp³-hybridized carbons (Fsp3) is 0. The quantitative estimate of drug-likeness (QED) is 0.0633. The van der Waals surface area contributed by atoms with Gasteiger partial charge < -0.3 is 19.6 Å². The number of benzene rings is 21. The van der Waals surface area contributed by atoms with E-state index in [1.165, 1.54) is 43.8 Å². The Kier molecular flexibility index (Phi) is 22.1. The van der Waals surface area contributed by atoms with Gasteiger partial charge in [-0.15, -0.1) is 0 Å². The molecule has 0 spiro atoms. The van der Waals surface area contributed by atoms with E-state index in [2.05, 4.69) is 566 Å². The highest BCUT2D eigenvalue weighted by molar-refractivity contribution is 6.00. The smallest absolute Gasteiger partial charge is 0.0973 e. The lowest BCUT2D eigenvalue weighted by atomic mass is 9.90. The largest absolute Gasteiger partial charge is 0.311 e. The van der Waals surface area contributed by atoms with E-state index < -0.39 is 0 Å². The molecular formula is C128H88N4. The zero-order valence-electron chi connectivity index (χ0n) is 72.6. The second kappa shape index (κ2) is 36.4. The third-order valence-corrected chi connectivity index (χ3v) is 25.3. The Morgan fingerprint density at radius 2 is 0.402 bits per heavy atom. The van der Waals surface area contributed by atoms with E-state index >= 15 is 0 Å². The summed E-state index contributed by atoms with van der Waals surface area (Å²) >= 11 is 0. The molecule has 0 heterocycles. The molecule has 0 saturated heterocycles. The average molecular weight is 1680 g/mol. The van der Waals surface area contributed by atoms with Crippen LogP contribution in [-0.2, 0) is 0 Å². The Labute approximate surface area is 772 Å². The van der Waals surface area contributed by atoms with Crippen LogP contribution in [0.4, 0.5) is 68.2 Å². The molecule has 22 aromatic rings. The van der Waals surface area contributed by atoms with Crippen LogP contribution in [0.2, 0.25) is 0 Å². The highest BCUT2D eigenvalue weighted by atomic mass is 15.2. The molecule has 0 fully saturated rings. The maximum Gasteiger partial charge on any atom is 0.0973 e. The van der Waals surface area contributed by atoms with Crippen LogP contribution in [0.25, 0.3) is 144 Å². The third kappa shape index (κ3) is 16.5. The van der Waals surface area contributed by atoms with E-state index in [1.54, 1.807) is 0 Å². The van der Waals surface area contributed by atoms with Crippen molar-refractivity contribution in [3.8, 4) is 122 Å². The van der Waals surface area contributed by atoms with E-state index in [4.69, 9.17) is 0 Å². The fourth-order valence-corrected chi connectivity index (χ4v) is 18.7. The van der Waals surface area contributed by atoms with Gasteiger partial charge in [0.2, 0.25) is 0 Å². The summed E-state index contributed by atoms with van der Waals surface area (Å²) in [5, 5.41) is 4.83. The summed E-state index contributed by atoms with van der Waals surface area (Å²) < 4.78 is 0. The van der Waals surface area contributed by atoms with E-state index in [0.29, 0.717) is 0 Å². The third-order valence-electron chi connectivity index (χ3n) is 25.3. The van der Waals surface area contributed by atoms with Gasteiger partial charge >= 0.3 is 0 Å². The topological polar surface area (TPSA) is 13.0 Å². The molecular weight excluding hydrogens is 1590 g/mol. The van der Waals surface area contributed by atoms with Crippen LogP contribution in [0.3, 0.4) is 0 Å². The lowest BCUT2D eigenvalue weighted by molar-refractivity contribution is 1.28. The highest BCUT2D eigenvalue weighted by Gasteiger charge is 2.25. The number of hydrogen-bond donors (Lipinski definition) is 0. The molecule has 132 heavy (non-hydrogen) atoms. The lowest BCUT2D eigenvalue weighted by Gasteiger charge is -2.29. The second-order valence-corrected chi connectivity index (χ2v) is 33.4. The SMILES string of the molecule is c1c(-c2cccc3ccccc23)ccc(N(c2ccccc2)c2ccc(-c3cc(-c4ccc(N(c5ccccc5)c5ccc(-c6cccc7ccccc67)cc5)cc4)cc(-c4ccc(N(c5ccc(-c6ccccc6)cc5)c5ccc(-c6ccccc6)cc5)c(-c5cccc(-c6ccccc6N(c6ccc(-c7ccccc7)cc6)c6ccc(-c7ccccc7)cc6)c5)c4)c3)cc2)c#1. The van der Waals surface area contributed by atoms with Gasteiger partial charge in [-0.1, -0.05) is 376 Å². The summed E-state index contributed by atoms with van der Waals surface area (Å²) in [5.74, 6) is 0. The Morgan fingerprint density at radius 1 is 0.129 bits per heavy atom. The number of anilines is 12. The van der Waals surface area contributed by atoms with Crippen LogP contribution in [0.5, 0.6) is 0 Å². The van der Waals surface area contributed by atoms with Crippen LogP contribution < -0.4 is 19.6 Å². The number of fused-ring (bicyclic) bond motifs is 2. The summed E-state index contributed by atoms with van der Waals surface area (Å²) in [6.07, 6.45) is 0. The van der Waals surface area contributed by atoms with Gasteiger partial charge in [0.25, 0.3) is 0 Å². The Bertz CT molecular complexity index is 7370. The van der Waals surface area contributed by atoms with Gasteiger partial charge in [0, 0.05) is 67.9 Å². The standard InChI is InChI=1S/C128H88N4/c1-7-28-91(29-8-1)95-52-73-117(74-53-95)131(118-75-54-96(55-76-118)92-30-9-2-10-31-92)127-51-24-23-48-125(127)106-40-25-41-107(86-106)126-90-105(68-85-128(126)132(119-77-56-97(57-78-119)93-32-11-3-12-33-93)120-79-58-98(59-80-120)94-34-13-4-14-35-94)110-88-108(99-60-69-113(70-61-99)129(111-42-15-5-16-43-111)115-81-64-103(65-82-115)123-49-26-38-101-36-19-21-46-121(101)123)87-109(89-110)100-62-71-114(72-63-100)130(112-44-17-6-18-45-112)116-83-66-104(67-84-116)124-50-27-39-102-37-20-22-47-122(102)124/h1-66,68-83,85-90H. The van der Waals surface area contributed by atoms with Gasteiger partial charge in [0.05, 0.1) is 17.1 Å². The first-order chi connectivity index (χ1) is 65.4. The first-order valence-electron chi connectivity index (χ1n) is 45.1. The molecule has 4 nitrogen and oxygen atoms in total. The van der Waals surface area contributed by atoms with E-state index in [1.807, 2.05) is 0 Å². The molecule has 4 heteroatoms. The molecule has 620 valence electrons. The van der Waals surface area contributed by atoms with Crippen LogP contribution in [0.1, 0.15) is 0 Å². The number of para-hydroxylation sites is 3. The molecule has 0 saturated carbocycles. The van der Waals surface area contributed by atoms with Gasteiger partial charge in [0.1, 0.15) is 0 Å². The van der Waals surface area contributed by atoms with Crippen LogP contribution in [-0.4, -0.2) is 0 Å². The zero-order chi connectivity index (χ0) is 87.9. The van der Waals surface area contributed by atoms with Gasteiger partial charge in [-0.2, -0.15) is 0 Å². The molecule has 22 rings (SSSR count). The van der Waals surface area contributed by atoms with Crippen LogP contribution >= 0.6 is 0 Å². The first-order valence-corrected chi connectivity index (χ1v) is 45.1. The van der Waals surface area contributed by atoms with Crippen LogP contribution in [0.15, 0.2) is 534 Å². The highest BCUT2D eigenvalue weighted by Crippen LogP contribution is 2.50. The number of rotatable bonds is 23. The monoisotopic (exact) mass is 1680 g/mol. The number of nitrogens with zero attached hydrogens (tertiary/aromatic N) is 4. The van der Waals surface area contributed by atoms with E-state index in [-0.39, 0.29) is 0 Å². The minimum absolute atomic E-state index is 0.882. The fourth-order valence-electron chi connectivity index (χ4n) is 18.7. The van der Waals surface area contributed by atoms with Crippen molar-refractivity contribution >= 4 is 89.8 Å². The average Bonchev–Trinajstić information content (AvgIpc) is 0.762. The Balaban J connectivity index is 0.709. The Hall–Kier alpha value is -17.6. The van der Waals surface area contributed by atoms with Gasteiger partial charge in [-0.25, -0.2) is 0 Å². The normalized spacial score (nSPS) is 11.1. The molecule has 0 aliphatic carbocycles. The summed E-state index contributed by atoms with van der Waals surface area (Å²) in [6.45, 7) is 0. The van der Waals surface area contributed by atoms with Crippen molar-refractivity contribution in [2.75, 3.05) is 19.6 Å². The lowest BCUT2D eigenvalue weighted by Crippen LogP contribution is -2.12. The molecule has 0 unspecified atom stereocenters. The molecule has 22 aromatic carbocycles. The van der Waals surface area contributed by atoms with Gasteiger partial charge in [-0.3, -0.25) is 0 Å². The zero-order valence-corrected chi connectivity index (χ0v) is 72.6. The first kappa shape index (κ1) is 80.2. The maximum absolute atomic E-state index is 3.63. The van der Waals surface area contributed by atoms with Crippen molar-refractivity contribution in [3.63, 3.8) is 0 Å². The van der Waals surface area contributed by atoms with Gasteiger partial charge in [-0.05, 0) is 297 Å². The van der Waals surface area contributed by atoms with Crippen LogP contribution in [0, 0.1) is 12.1 Å². The molecule has 0 aliphatic rings. The Morgan fingerprint density at radius 3 is 0.833 bits per heavy atom. The van der Waals surface area contributed by atoms with E-state index in [0.717, 1.165) is 168 Å². The maximum atomic E-state index is 3.63. The van der Waals surface area contributed by atoms with Crippen molar-refractivity contribution in [1.82, 2.24) is 0 Å². The van der Waals surface area contributed by atoms with Crippen molar-refractivity contribution in [2.24, 2.45) is 0 Å². The van der Waals surface area contributed by atoms with Crippen molar-refractivity contribution in [3.05, 3.63) is 546 Å². The predicted molar refractivity (Wildman–Crippen MR) is 558 cm³/mol. The number of hydrogen-bond acceptors (Lipinski definition) is 4. The van der Waals surface area contributed by atoms with Crippen molar-refractivity contribution in [1.29, 1.82) is 0 Å². The molecule has 0 atom stereocenters. The molecule has 0 amide bonds. The second-order valence-electron chi connectivity index (χ2n) is 33.4. The molecule has 0 aromatic heterocycles. The summed E-state index contributed by atoms with van der Waals surface area (Å²) in [4.78, 5) is 9.49.